The largest absolute Gasteiger partial charge is 0.493 e. The molecule has 4 nitrogen and oxygen atoms in total. The summed E-state index contributed by atoms with van der Waals surface area (Å²) in [6, 6.07) is 2.66. The third-order valence-electron chi connectivity index (χ3n) is 2.64. The van der Waals surface area contributed by atoms with Crippen molar-refractivity contribution >= 4 is 28.6 Å². The van der Waals surface area contributed by atoms with Gasteiger partial charge in [0.1, 0.15) is 17.1 Å². The summed E-state index contributed by atoms with van der Waals surface area (Å²) in [5, 5.41) is 9.15. The van der Waals surface area contributed by atoms with Crippen LogP contribution in [0.2, 0.25) is 0 Å². The normalized spacial score (nSPS) is 23.4. The molecule has 1 atom stereocenters. The van der Waals surface area contributed by atoms with E-state index >= 15 is 0 Å². The summed E-state index contributed by atoms with van der Waals surface area (Å²) >= 11 is 1.75. The summed E-state index contributed by atoms with van der Waals surface area (Å²) in [6.45, 7) is 0.220. The second-order valence-electron chi connectivity index (χ2n) is 3.61. The van der Waals surface area contributed by atoms with Crippen LogP contribution in [0.4, 0.5) is 4.39 Å². The van der Waals surface area contributed by atoms with Crippen LogP contribution in [0.3, 0.4) is 0 Å². The van der Waals surface area contributed by atoms with Crippen molar-refractivity contribution in [2.24, 2.45) is 5.73 Å². The Labute approximate surface area is 105 Å². The minimum atomic E-state index is -1.56. The topological polar surface area (TPSA) is 72.6 Å². The van der Waals surface area contributed by atoms with Gasteiger partial charge in [-0.25, -0.2) is 9.18 Å². The number of carboxylic acids is 1. The zero-order valence-electron chi connectivity index (χ0n) is 8.17. The summed E-state index contributed by atoms with van der Waals surface area (Å²) in [6.07, 6.45) is 0.134. The fraction of sp³-hybridized carbons (Fsp3) is 0.300. The molecular weight excluding hydrogens is 328 g/mol. The van der Waals surface area contributed by atoms with Gasteiger partial charge in [-0.1, -0.05) is 0 Å². The molecule has 1 aromatic carbocycles. The predicted molar refractivity (Wildman–Crippen MR) is 62.7 cm³/mol. The summed E-state index contributed by atoms with van der Waals surface area (Å²) < 4.78 is 18.9. The molecular formula is C10H9FINO3. The number of hydrogen-bond acceptors (Lipinski definition) is 3. The molecule has 0 aliphatic carbocycles. The molecule has 0 spiro atoms. The standard InChI is InChI=1S/C10H9FINO3/c11-5-1-2-6-7(8(5)12)10(13,9(14)15)3-4-16-6/h1-2H,3-4,13H2,(H,14,15). The molecule has 0 fully saturated rings. The highest BCUT2D eigenvalue weighted by molar-refractivity contribution is 14.1. The Kier molecular flexibility index (Phi) is 2.79. The summed E-state index contributed by atoms with van der Waals surface area (Å²) in [5.41, 5.74) is 4.50. The summed E-state index contributed by atoms with van der Waals surface area (Å²) in [5.74, 6) is -1.30. The lowest BCUT2D eigenvalue weighted by molar-refractivity contribution is -0.145. The average Bonchev–Trinajstić information content (AvgIpc) is 2.23. The number of rotatable bonds is 1. The van der Waals surface area contributed by atoms with Crippen molar-refractivity contribution in [3.8, 4) is 5.75 Å². The van der Waals surface area contributed by atoms with Crippen molar-refractivity contribution in [3.05, 3.63) is 27.1 Å². The van der Waals surface area contributed by atoms with Crippen LogP contribution in [0.1, 0.15) is 12.0 Å². The first-order valence-corrected chi connectivity index (χ1v) is 5.68. The van der Waals surface area contributed by atoms with Gasteiger partial charge in [-0.15, -0.1) is 0 Å². The van der Waals surface area contributed by atoms with E-state index in [1.165, 1.54) is 12.1 Å². The minimum absolute atomic E-state index is 0.134. The number of benzene rings is 1. The number of ether oxygens (including phenoxy) is 1. The zero-order chi connectivity index (χ0) is 11.9. The fourth-order valence-electron chi connectivity index (χ4n) is 1.73. The van der Waals surface area contributed by atoms with E-state index < -0.39 is 17.3 Å². The SMILES string of the molecule is NC1(C(=O)O)CCOc2ccc(F)c(I)c21. The van der Waals surface area contributed by atoms with Crippen molar-refractivity contribution in [1.29, 1.82) is 0 Å². The summed E-state index contributed by atoms with van der Waals surface area (Å²) in [4.78, 5) is 11.2. The maximum atomic E-state index is 13.4. The highest BCUT2D eigenvalue weighted by Gasteiger charge is 2.43. The number of aliphatic carboxylic acids is 1. The Morgan fingerprint density at radius 1 is 1.62 bits per heavy atom. The van der Waals surface area contributed by atoms with Gasteiger partial charge in [-0.05, 0) is 34.7 Å². The van der Waals surface area contributed by atoms with Gasteiger partial charge in [-0.3, -0.25) is 0 Å². The smallest absolute Gasteiger partial charge is 0.328 e. The monoisotopic (exact) mass is 337 g/mol. The highest BCUT2D eigenvalue weighted by atomic mass is 127. The maximum Gasteiger partial charge on any atom is 0.328 e. The Morgan fingerprint density at radius 3 is 2.94 bits per heavy atom. The van der Waals surface area contributed by atoms with Crippen molar-refractivity contribution in [2.45, 2.75) is 12.0 Å². The van der Waals surface area contributed by atoms with E-state index in [0.29, 0.717) is 5.75 Å². The molecule has 2 rings (SSSR count). The van der Waals surface area contributed by atoms with Crippen LogP contribution in [0, 0.1) is 9.39 Å². The van der Waals surface area contributed by atoms with Crippen LogP contribution in [0.5, 0.6) is 5.75 Å². The van der Waals surface area contributed by atoms with E-state index in [1.807, 2.05) is 0 Å². The molecule has 1 aliphatic heterocycles. The van der Waals surface area contributed by atoms with Crippen molar-refractivity contribution in [3.63, 3.8) is 0 Å². The van der Waals surface area contributed by atoms with Gasteiger partial charge in [0.25, 0.3) is 0 Å². The molecule has 3 N–H and O–H groups in total. The van der Waals surface area contributed by atoms with Crippen LogP contribution >= 0.6 is 22.6 Å². The number of nitrogens with two attached hydrogens (primary N) is 1. The number of halogens is 2. The quantitative estimate of drug-likeness (QED) is 0.761. The van der Waals surface area contributed by atoms with Crippen LogP contribution in [-0.4, -0.2) is 17.7 Å². The first-order chi connectivity index (χ1) is 7.47. The number of hydrogen-bond donors (Lipinski definition) is 2. The second-order valence-corrected chi connectivity index (χ2v) is 4.69. The molecule has 0 radical (unpaired) electrons. The molecule has 0 bridgehead atoms. The lowest BCUT2D eigenvalue weighted by Gasteiger charge is -2.32. The molecule has 16 heavy (non-hydrogen) atoms. The third kappa shape index (κ3) is 1.56. The first-order valence-electron chi connectivity index (χ1n) is 4.60. The van der Waals surface area contributed by atoms with Gasteiger partial charge < -0.3 is 15.6 Å². The molecule has 0 amide bonds. The third-order valence-corrected chi connectivity index (χ3v) is 3.69. The predicted octanol–water partition coefficient (Wildman–Crippen LogP) is 1.45. The van der Waals surface area contributed by atoms with Crippen LogP contribution in [-0.2, 0) is 10.3 Å². The first kappa shape index (κ1) is 11.6. The molecule has 0 saturated carbocycles. The van der Waals surface area contributed by atoms with Gasteiger partial charge >= 0.3 is 5.97 Å². The van der Waals surface area contributed by atoms with Gasteiger partial charge in [0.05, 0.1) is 10.2 Å². The van der Waals surface area contributed by atoms with Crippen LogP contribution in [0.15, 0.2) is 12.1 Å². The molecule has 1 aromatic rings. The Balaban J connectivity index is 2.70. The molecule has 1 unspecified atom stereocenters. The van der Waals surface area contributed by atoms with Gasteiger partial charge in [0.15, 0.2) is 0 Å². The van der Waals surface area contributed by atoms with Crippen molar-refractivity contribution < 1.29 is 19.0 Å². The van der Waals surface area contributed by atoms with E-state index in [-0.39, 0.29) is 22.2 Å². The molecule has 0 aromatic heterocycles. The molecule has 1 aliphatic rings. The Bertz CT molecular complexity index is 466. The Morgan fingerprint density at radius 2 is 2.31 bits per heavy atom. The van der Waals surface area contributed by atoms with Crippen molar-refractivity contribution in [2.75, 3.05) is 6.61 Å². The second kappa shape index (κ2) is 3.85. The number of carbonyl (C=O) groups is 1. The van der Waals surface area contributed by atoms with E-state index in [0.717, 1.165) is 0 Å². The fourth-order valence-corrected chi connectivity index (χ4v) is 2.66. The number of carboxylic acid groups (broad SMARTS) is 1. The van der Waals surface area contributed by atoms with Gasteiger partial charge in [0.2, 0.25) is 0 Å². The maximum absolute atomic E-state index is 13.4. The van der Waals surface area contributed by atoms with Gasteiger partial charge in [0, 0.05) is 12.0 Å². The molecule has 6 heteroatoms. The van der Waals surface area contributed by atoms with Gasteiger partial charge in [-0.2, -0.15) is 0 Å². The lowest BCUT2D eigenvalue weighted by atomic mass is 9.85. The van der Waals surface area contributed by atoms with E-state index in [4.69, 9.17) is 15.6 Å². The summed E-state index contributed by atoms with van der Waals surface area (Å²) in [7, 11) is 0. The highest BCUT2D eigenvalue weighted by Crippen LogP contribution is 2.39. The van der Waals surface area contributed by atoms with E-state index in [9.17, 15) is 9.18 Å². The van der Waals surface area contributed by atoms with E-state index in [2.05, 4.69) is 0 Å². The van der Waals surface area contributed by atoms with E-state index in [1.54, 1.807) is 22.6 Å². The average molecular weight is 337 g/mol. The Hall–Kier alpha value is -0.890. The van der Waals surface area contributed by atoms with Crippen LogP contribution in [0.25, 0.3) is 0 Å². The lowest BCUT2D eigenvalue weighted by Crippen LogP contribution is -2.49. The van der Waals surface area contributed by atoms with Crippen LogP contribution < -0.4 is 10.5 Å². The minimum Gasteiger partial charge on any atom is -0.493 e. The zero-order valence-corrected chi connectivity index (χ0v) is 10.3. The number of fused-ring (bicyclic) bond motifs is 1. The molecule has 1 heterocycles. The molecule has 86 valence electrons. The van der Waals surface area contributed by atoms with Crippen molar-refractivity contribution in [1.82, 2.24) is 0 Å². The molecule has 0 saturated heterocycles.